The summed E-state index contributed by atoms with van der Waals surface area (Å²) in [4.78, 5) is 20.2. The van der Waals surface area contributed by atoms with Gasteiger partial charge in [0.1, 0.15) is 0 Å². The lowest BCUT2D eigenvalue weighted by Crippen LogP contribution is -2.05. The Balaban J connectivity index is 2.26. The van der Waals surface area contributed by atoms with E-state index in [-0.39, 0.29) is 24.4 Å². The first kappa shape index (κ1) is 18.3. The third kappa shape index (κ3) is 4.99. The maximum absolute atomic E-state index is 12.0. The van der Waals surface area contributed by atoms with Crippen molar-refractivity contribution in [1.82, 2.24) is 0 Å². The van der Waals surface area contributed by atoms with E-state index in [1.165, 1.54) is 12.1 Å². The molecule has 6 nitrogen and oxygen atoms in total. The van der Waals surface area contributed by atoms with Gasteiger partial charge in [-0.25, -0.2) is 0 Å². The molecule has 2 aromatic rings. The summed E-state index contributed by atoms with van der Waals surface area (Å²) in [5, 5.41) is 10.8. The molecule has 2 unspecified atom stereocenters. The Hall–Kier alpha value is -2.01. The van der Waals surface area contributed by atoms with Crippen LogP contribution in [0.1, 0.15) is 30.4 Å². The second-order valence-electron chi connectivity index (χ2n) is 5.38. The molecule has 128 valence electrons. The van der Waals surface area contributed by atoms with Crippen LogP contribution in [0.4, 0.5) is 5.69 Å². The van der Waals surface area contributed by atoms with Gasteiger partial charge in [-0.2, -0.15) is 0 Å². The smallest absolute Gasteiger partial charge is 0.324 e. The molecule has 0 aliphatic heterocycles. The molecule has 2 aromatic carbocycles. The summed E-state index contributed by atoms with van der Waals surface area (Å²) >= 11 is 0. The largest absolute Gasteiger partial charge is 0.328 e. The Morgan fingerprint density at radius 3 is 2.25 bits per heavy atom. The number of nitro groups is 1. The number of hydrogen-bond acceptors (Lipinski definition) is 4. The summed E-state index contributed by atoms with van der Waals surface area (Å²) in [7, 11) is -3.62. The zero-order chi connectivity index (χ0) is 17.6. The third-order valence-corrected chi connectivity index (χ3v) is 5.22. The molecule has 2 atom stereocenters. The molecule has 0 bridgehead atoms. The molecule has 0 aliphatic carbocycles. The van der Waals surface area contributed by atoms with Crippen molar-refractivity contribution >= 4 is 13.3 Å². The van der Waals surface area contributed by atoms with Crippen LogP contribution in [0.5, 0.6) is 0 Å². The van der Waals surface area contributed by atoms with E-state index >= 15 is 0 Å². The molecule has 1 N–H and O–H groups in total. The first-order valence-corrected chi connectivity index (χ1v) is 9.45. The fourth-order valence-corrected chi connectivity index (χ4v) is 3.72. The van der Waals surface area contributed by atoms with Crippen LogP contribution in [0.15, 0.2) is 54.6 Å². The molecule has 0 radical (unpaired) electrons. The van der Waals surface area contributed by atoms with Crippen LogP contribution in [0.3, 0.4) is 0 Å². The second kappa shape index (κ2) is 8.20. The van der Waals surface area contributed by atoms with Crippen molar-refractivity contribution in [3.63, 3.8) is 0 Å². The molecule has 0 fully saturated rings. The Kier molecular flexibility index (Phi) is 6.26. The minimum atomic E-state index is -3.62. The van der Waals surface area contributed by atoms with E-state index in [1.807, 2.05) is 30.3 Å². The predicted octanol–water partition coefficient (Wildman–Crippen LogP) is 4.34. The van der Waals surface area contributed by atoms with Gasteiger partial charge in [-0.15, -0.1) is 0 Å². The van der Waals surface area contributed by atoms with Crippen molar-refractivity contribution in [1.29, 1.82) is 0 Å². The number of rotatable bonds is 8. The molecule has 0 saturated carbocycles. The Morgan fingerprint density at radius 2 is 1.71 bits per heavy atom. The van der Waals surface area contributed by atoms with Crippen molar-refractivity contribution in [2.24, 2.45) is 0 Å². The summed E-state index contributed by atoms with van der Waals surface area (Å²) in [6.07, 6.45) is 0.437. The zero-order valence-electron chi connectivity index (χ0n) is 13.4. The zero-order valence-corrected chi connectivity index (χ0v) is 14.3. The highest BCUT2D eigenvalue weighted by Crippen LogP contribution is 2.45. The Bertz CT molecular complexity index is 718. The summed E-state index contributed by atoms with van der Waals surface area (Å²) in [5.74, 6) is -0.132. The van der Waals surface area contributed by atoms with Crippen LogP contribution in [0, 0.1) is 10.1 Å². The van der Waals surface area contributed by atoms with E-state index in [2.05, 4.69) is 0 Å². The van der Waals surface area contributed by atoms with Crippen LogP contribution in [-0.4, -0.2) is 22.6 Å². The lowest BCUT2D eigenvalue weighted by Gasteiger charge is -2.19. The molecule has 0 aromatic heterocycles. The van der Waals surface area contributed by atoms with E-state index in [4.69, 9.17) is 4.52 Å². The molecule has 0 heterocycles. The SMILES string of the molecule is CCOP(=O)(O)CCC(c1ccccc1)c1ccc([N+](=O)[O-])cc1. The molecular weight excluding hydrogens is 329 g/mol. The lowest BCUT2D eigenvalue weighted by molar-refractivity contribution is -0.384. The minimum absolute atomic E-state index is 0.0210. The van der Waals surface area contributed by atoms with Gasteiger partial charge in [-0.05, 0) is 24.5 Å². The van der Waals surface area contributed by atoms with Gasteiger partial charge in [0.25, 0.3) is 5.69 Å². The van der Waals surface area contributed by atoms with Crippen LogP contribution in [-0.2, 0) is 9.09 Å². The molecule has 7 heteroatoms. The van der Waals surface area contributed by atoms with Crippen molar-refractivity contribution in [2.75, 3.05) is 12.8 Å². The number of nitro benzene ring substituents is 1. The Morgan fingerprint density at radius 1 is 1.12 bits per heavy atom. The first-order chi connectivity index (χ1) is 11.4. The molecule has 0 amide bonds. The molecule has 24 heavy (non-hydrogen) atoms. The topological polar surface area (TPSA) is 89.7 Å². The maximum atomic E-state index is 12.0. The summed E-state index contributed by atoms with van der Waals surface area (Å²) in [6.45, 7) is 1.86. The monoisotopic (exact) mass is 349 g/mol. The van der Waals surface area contributed by atoms with Gasteiger partial charge in [0.2, 0.25) is 0 Å². The average Bonchev–Trinajstić information content (AvgIpc) is 2.56. The predicted molar refractivity (Wildman–Crippen MR) is 92.3 cm³/mol. The number of non-ortho nitro benzene ring substituents is 1. The maximum Gasteiger partial charge on any atom is 0.328 e. The molecule has 0 saturated heterocycles. The molecular formula is C17H20NO5P. The highest BCUT2D eigenvalue weighted by molar-refractivity contribution is 7.52. The second-order valence-corrected chi connectivity index (χ2v) is 7.36. The van der Waals surface area contributed by atoms with E-state index in [0.717, 1.165) is 11.1 Å². The van der Waals surface area contributed by atoms with Crippen molar-refractivity contribution in [3.8, 4) is 0 Å². The third-order valence-electron chi connectivity index (χ3n) is 3.74. The fourth-order valence-electron chi connectivity index (χ4n) is 2.60. The highest BCUT2D eigenvalue weighted by Gasteiger charge is 2.23. The molecule has 0 aliphatic rings. The van der Waals surface area contributed by atoms with Crippen molar-refractivity contribution in [2.45, 2.75) is 19.3 Å². The standard InChI is InChI=1S/C17H20NO5P/c1-2-23-24(21,22)13-12-17(14-6-4-3-5-7-14)15-8-10-16(11-9-15)18(19)20/h3-11,17H,2,12-13H2,1H3,(H,21,22). The van der Waals surface area contributed by atoms with E-state index in [1.54, 1.807) is 19.1 Å². The van der Waals surface area contributed by atoms with Gasteiger partial charge >= 0.3 is 7.60 Å². The van der Waals surface area contributed by atoms with E-state index in [9.17, 15) is 19.6 Å². The summed E-state index contributed by atoms with van der Waals surface area (Å²) in [6, 6.07) is 15.9. The highest BCUT2D eigenvalue weighted by atomic mass is 31.2. The van der Waals surface area contributed by atoms with Crippen LogP contribution in [0.25, 0.3) is 0 Å². The summed E-state index contributed by atoms with van der Waals surface area (Å²) < 4.78 is 16.9. The van der Waals surface area contributed by atoms with Gasteiger partial charge < -0.3 is 9.42 Å². The van der Waals surface area contributed by atoms with Gasteiger partial charge in [-0.1, -0.05) is 42.5 Å². The average molecular weight is 349 g/mol. The van der Waals surface area contributed by atoms with Crippen LogP contribution < -0.4 is 0 Å². The summed E-state index contributed by atoms with van der Waals surface area (Å²) in [5.41, 5.74) is 1.87. The number of benzene rings is 2. The van der Waals surface area contributed by atoms with Gasteiger partial charge in [0, 0.05) is 18.1 Å². The molecule has 0 spiro atoms. The quantitative estimate of drug-likeness (QED) is 0.435. The van der Waals surface area contributed by atoms with Gasteiger partial charge in [-0.3, -0.25) is 14.7 Å². The van der Waals surface area contributed by atoms with Gasteiger partial charge in [0.15, 0.2) is 0 Å². The Labute approximate surface area is 140 Å². The molecule has 2 rings (SSSR count). The number of hydrogen-bond donors (Lipinski definition) is 1. The lowest BCUT2D eigenvalue weighted by atomic mass is 9.89. The fraction of sp³-hybridized carbons (Fsp3) is 0.294. The van der Waals surface area contributed by atoms with Crippen molar-refractivity contribution in [3.05, 3.63) is 75.8 Å². The van der Waals surface area contributed by atoms with Crippen LogP contribution >= 0.6 is 7.60 Å². The first-order valence-electron chi connectivity index (χ1n) is 7.68. The van der Waals surface area contributed by atoms with Crippen LogP contribution in [0.2, 0.25) is 0 Å². The normalized spacial score (nSPS) is 14.8. The minimum Gasteiger partial charge on any atom is -0.324 e. The van der Waals surface area contributed by atoms with E-state index < -0.39 is 12.5 Å². The van der Waals surface area contributed by atoms with Crippen molar-refractivity contribution < 1.29 is 18.9 Å². The van der Waals surface area contributed by atoms with Gasteiger partial charge in [0.05, 0.1) is 17.7 Å². The number of nitrogens with zero attached hydrogens (tertiary/aromatic N) is 1. The van der Waals surface area contributed by atoms with E-state index in [0.29, 0.717) is 6.42 Å².